The SMILES string of the molecule is O=C(COc1cccc(-c2nc3c(c(Nc4ccc(-c5cn[nH]c5)cc4)n2)CNCC3)c1)NC1CCCC1. The Kier molecular flexibility index (Phi) is 6.99. The number of carbonyl (C=O) groups is 1. The topological polar surface area (TPSA) is 117 Å². The molecule has 1 aliphatic carbocycles. The summed E-state index contributed by atoms with van der Waals surface area (Å²) in [5, 5.41) is 16.9. The van der Waals surface area contributed by atoms with Crippen LogP contribution in [0.2, 0.25) is 0 Å². The van der Waals surface area contributed by atoms with Crippen LogP contribution in [0.3, 0.4) is 0 Å². The lowest BCUT2D eigenvalue weighted by molar-refractivity contribution is -0.123. The van der Waals surface area contributed by atoms with Gasteiger partial charge in [0.1, 0.15) is 11.6 Å². The van der Waals surface area contributed by atoms with E-state index in [0.29, 0.717) is 18.1 Å². The number of H-pyrrole nitrogens is 1. The summed E-state index contributed by atoms with van der Waals surface area (Å²) in [4.78, 5) is 22.1. The minimum absolute atomic E-state index is 0.00170. The van der Waals surface area contributed by atoms with Crippen molar-refractivity contribution < 1.29 is 9.53 Å². The molecule has 4 N–H and O–H groups in total. The Morgan fingerprint density at radius 3 is 2.71 bits per heavy atom. The van der Waals surface area contributed by atoms with Crippen molar-refractivity contribution in [1.29, 1.82) is 0 Å². The number of rotatable bonds is 8. The van der Waals surface area contributed by atoms with Gasteiger partial charge in [-0.1, -0.05) is 37.1 Å². The first-order chi connectivity index (χ1) is 18.7. The summed E-state index contributed by atoms with van der Waals surface area (Å²) in [5.41, 5.74) is 6.03. The molecule has 1 fully saturated rings. The van der Waals surface area contributed by atoms with Crippen LogP contribution < -0.4 is 20.7 Å². The highest BCUT2D eigenvalue weighted by Crippen LogP contribution is 2.29. The maximum Gasteiger partial charge on any atom is 0.258 e. The van der Waals surface area contributed by atoms with E-state index in [-0.39, 0.29) is 18.6 Å². The number of carbonyl (C=O) groups excluding carboxylic acids is 1. The molecule has 3 heterocycles. The Labute approximate surface area is 221 Å². The van der Waals surface area contributed by atoms with Crippen molar-refractivity contribution in [3.8, 4) is 28.3 Å². The lowest BCUT2D eigenvalue weighted by Gasteiger charge is -2.21. The van der Waals surface area contributed by atoms with Gasteiger partial charge in [0.15, 0.2) is 12.4 Å². The highest BCUT2D eigenvalue weighted by Gasteiger charge is 2.20. The monoisotopic (exact) mass is 509 g/mol. The van der Waals surface area contributed by atoms with Gasteiger partial charge in [-0.05, 0) is 42.7 Å². The molecule has 9 nitrogen and oxygen atoms in total. The largest absolute Gasteiger partial charge is 0.484 e. The van der Waals surface area contributed by atoms with Crippen molar-refractivity contribution in [3.05, 3.63) is 72.2 Å². The summed E-state index contributed by atoms with van der Waals surface area (Å²) < 4.78 is 5.82. The van der Waals surface area contributed by atoms with Crippen molar-refractivity contribution in [2.24, 2.45) is 0 Å². The predicted molar refractivity (Wildman–Crippen MR) is 146 cm³/mol. The smallest absolute Gasteiger partial charge is 0.258 e. The number of ether oxygens (including phenoxy) is 1. The van der Waals surface area contributed by atoms with Crippen LogP contribution in [-0.2, 0) is 17.8 Å². The molecule has 0 bridgehead atoms. The number of amides is 1. The first kappa shape index (κ1) is 24.1. The van der Waals surface area contributed by atoms with E-state index >= 15 is 0 Å². The molecule has 1 amide bonds. The summed E-state index contributed by atoms with van der Waals surface area (Å²) in [7, 11) is 0. The molecule has 2 aliphatic rings. The Morgan fingerprint density at radius 1 is 1.03 bits per heavy atom. The van der Waals surface area contributed by atoms with Gasteiger partial charge in [0.05, 0.1) is 11.9 Å². The van der Waals surface area contributed by atoms with Crippen LogP contribution in [0, 0.1) is 0 Å². The third kappa shape index (κ3) is 5.52. The highest BCUT2D eigenvalue weighted by atomic mass is 16.5. The van der Waals surface area contributed by atoms with Crippen molar-refractivity contribution in [2.75, 3.05) is 18.5 Å². The van der Waals surface area contributed by atoms with E-state index in [1.165, 1.54) is 12.8 Å². The molecule has 1 aliphatic heterocycles. The summed E-state index contributed by atoms with van der Waals surface area (Å²) in [6.07, 6.45) is 8.98. The average molecular weight is 510 g/mol. The summed E-state index contributed by atoms with van der Waals surface area (Å²) in [6.45, 7) is 1.59. The molecule has 2 aromatic heterocycles. The van der Waals surface area contributed by atoms with Crippen LogP contribution in [0.15, 0.2) is 60.9 Å². The molecule has 194 valence electrons. The first-order valence-corrected chi connectivity index (χ1v) is 13.2. The zero-order valence-corrected chi connectivity index (χ0v) is 21.2. The Balaban J connectivity index is 1.21. The van der Waals surface area contributed by atoms with Crippen LogP contribution in [0.4, 0.5) is 11.5 Å². The van der Waals surface area contributed by atoms with Crippen molar-refractivity contribution >= 4 is 17.4 Å². The fourth-order valence-corrected chi connectivity index (χ4v) is 5.08. The van der Waals surface area contributed by atoms with Gasteiger partial charge in [-0.25, -0.2) is 9.97 Å². The molecule has 0 unspecified atom stereocenters. The number of fused-ring (bicyclic) bond motifs is 1. The molecule has 9 heteroatoms. The molecule has 4 aromatic rings. The predicted octanol–water partition coefficient (Wildman–Crippen LogP) is 4.36. The van der Waals surface area contributed by atoms with Crippen molar-refractivity contribution in [2.45, 2.75) is 44.7 Å². The molecule has 0 spiro atoms. The second-order valence-corrected chi connectivity index (χ2v) is 9.80. The maximum absolute atomic E-state index is 12.3. The second kappa shape index (κ2) is 11.0. The van der Waals surface area contributed by atoms with Gasteiger partial charge in [0.25, 0.3) is 5.91 Å². The molecule has 38 heavy (non-hydrogen) atoms. The van der Waals surface area contributed by atoms with Gasteiger partial charge in [-0.2, -0.15) is 5.10 Å². The van der Waals surface area contributed by atoms with Crippen LogP contribution in [0.25, 0.3) is 22.5 Å². The average Bonchev–Trinajstić information content (AvgIpc) is 3.68. The van der Waals surface area contributed by atoms with Crippen LogP contribution >= 0.6 is 0 Å². The zero-order chi connectivity index (χ0) is 25.7. The summed E-state index contributed by atoms with van der Waals surface area (Å²) >= 11 is 0. The second-order valence-electron chi connectivity index (χ2n) is 9.80. The van der Waals surface area contributed by atoms with Crippen LogP contribution in [-0.4, -0.2) is 45.3 Å². The molecular formula is C29H31N7O2. The molecule has 0 saturated heterocycles. The van der Waals surface area contributed by atoms with E-state index in [2.05, 4.69) is 38.3 Å². The first-order valence-electron chi connectivity index (χ1n) is 13.2. The van der Waals surface area contributed by atoms with E-state index in [4.69, 9.17) is 14.7 Å². The van der Waals surface area contributed by atoms with Crippen LogP contribution in [0.5, 0.6) is 5.75 Å². The van der Waals surface area contributed by atoms with Crippen molar-refractivity contribution in [1.82, 2.24) is 30.8 Å². The Morgan fingerprint density at radius 2 is 1.89 bits per heavy atom. The van der Waals surface area contributed by atoms with Crippen LogP contribution in [0.1, 0.15) is 36.9 Å². The Bertz CT molecular complexity index is 1400. The number of nitrogens with zero attached hydrogens (tertiary/aromatic N) is 3. The highest BCUT2D eigenvalue weighted by molar-refractivity contribution is 5.78. The lowest BCUT2D eigenvalue weighted by Crippen LogP contribution is -2.36. The van der Waals surface area contributed by atoms with E-state index in [1.807, 2.05) is 42.6 Å². The fourth-order valence-electron chi connectivity index (χ4n) is 5.08. The van der Waals surface area contributed by atoms with E-state index in [1.54, 1.807) is 6.20 Å². The number of hydrogen-bond acceptors (Lipinski definition) is 7. The number of anilines is 2. The number of hydrogen-bond donors (Lipinski definition) is 4. The molecule has 0 radical (unpaired) electrons. The molecular weight excluding hydrogens is 478 g/mol. The lowest BCUT2D eigenvalue weighted by atomic mass is 10.1. The maximum atomic E-state index is 12.3. The van der Waals surface area contributed by atoms with Gasteiger partial charge in [0.2, 0.25) is 0 Å². The van der Waals surface area contributed by atoms with Gasteiger partial charge < -0.3 is 20.7 Å². The fraction of sp³-hybridized carbons (Fsp3) is 0.310. The number of benzene rings is 2. The van der Waals surface area contributed by atoms with Gasteiger partial charge in [0, 0.05) is 54.1 Å². The van der Waals surface area contributed by atoms with E-state index < -0.39 is 0 Å². The Hall–Kier alpha value is -4.24. The molecule has 6 rings (SSSR count). The standard InChI is InChI=1S/C29H31N7O2/c37-27(33-22-5-1-2-6-22)18-38-24-7-3-4-20(14-24)28-35-26-12-13-30-17-25(26)29(36-28)34-23-10-8-19(9-11-23)21-15-31-32-16-21/h3-4,7-11,14-16,22,30H,1-2,5-6,12-13,17-18H2,(H,31,32)(H,33,37)(H,34,35,36). The zero-order valence-electron chi connectivity index (χ0n) is 21.2. The minimum atomic E-state index is -0.0786. The van der Waals surface area contributed by atoms with Gasteiger partial charge in [-0.15, -0.1) is 0 Å². The van der Waals surface area contributed by atoms with E-state index in [0.717, 1.165) is 65.3 Å². The molecule has 0 atom stereocenters. The number of aromatic nitrogens is 4. The third-order valence-corrected chi connectivity index (χ3v) is 7.09. The van der Waals surface area contributed by atoms with E-state index in [9.17, 15) is 4.79 Å². The number of nitrogens with one attached hydrogen (secondary N) is 4. The van der Waals surface area contributed by atoms with Gasteiger partial charge >= 0.3 is 0 Å². The quantitative estimate of drug-likeness (QED) is 0.279. The van der Waals surface area contributed by atoms with Crippen molar-refractivity contribution in [3.63, 3.8) is 0 Å². The molecule has 1 saturated carbocycles. The van der Waals surface area contributed by atoms with Gasteiger partial charge in [-0.3, -0.25) is 9.89 Å². The third-order valence-electron chi connectivity index (χ3n) is 7.09. The normalized spacial score (nSPS) is 15.2. The summed E-state index contributed by atoms with van der Waals surface area (Å²) in [5.74, 6) is 1.96. The minimum Gasteiger partial charge on any atom is -0.484 e. The summed E-state index contributed by atoms with van der Waals surface area (Å²) in [6, 6.07) is 16.1. The number of aromatic amines is 1. The molecule has 2 aromatic carbocycles.